The molecule has 0 aliphatic heterocycles. The van der Waals surface area contributed by atoms with Crippen LogP contribution in [0, 0.1) is 0 Å². The van der Waals surface area contributed by atoms with Crippen LogP contribution in [-0.2, 0) is 12.8 Å². The van der Waals surface area contributed by atoms with Crippen LogP contribution in [-0.4, -0.2) is 5.11 Å². The maximum Gasteiger partial charge on any atom is 0.123 e. The van der Waals surface area contributed by atoms with Gasteiger partial charge in [-0.3, -0.25) is 0 Å². The zero-order valence-corrected chi connectivity index (χ0v) is 8.59. The second-order valence-corrected chi connectivity index (χ2v) is 4.00. The van der Waals surface area contributed by atoms with Gasteiger partial charge in [0, 0.05) is 11.6 Å². The molecule has 0 aromatic heterocycles. The van der Waals surface area contributed by atoms with Crippen molar-refractivity contribution < 1.29 is 5.11 Å². The van der Waals surface area contributed by atoms with Crippen LogP contribution in [0.5, 0.6) is 5.75 Å². The van der Waals surface area contributed by atoms with Gasteiger partial charge < -0.3 is 10.8 Å². The average Bonchev–Trinajstić information content (AvgIpc) is 2.18. The van der Waals surface area contributed by atoms with Crippen LogP contribution in [0.2, 0.25) is 0 Å². The number of hydrogen-bond acceptors (Lipinski definition) is 2. The zero-order chi connectivity index (χ0) is 10.1. The molecule has 0 saturated heterocycles. The van der Waals surface area contributed by atoms with Crippen LogP contribution in [0.25, 0.3) is 0 Å². The fraction of sp³-hybridized carbons (Fsp3) is 0.500. The molecule has 1 aliphatic rings. The van der Waals surface area contributed by atoms with E-state index in [1.165, 1.54) is 5.56 Å². The monoisotopic (exact) mass is 191 g/mol. The van der Waals surface area contributed by atoms with Crippen LogP contribution in [0.3, 0.4) is 0 Å². The van der Waals surface area contributed by atoms with Gasteiger partial charge in [0.15, 0.2) is 0 Å². The first-order chi connectivity index (χ1) is 6.74. The van der Waals surface area contributed by atoms with Gasteiger partial charge in [0.2, 0.25) is 0 Å². The molecule has 76 valence electrons. The van der Waals surface area contributed by atoms with Gasteiger partial charge in [-0.2, -0.15) is 0 Å². The van der Waals surface area contributed by atoms with Crippen molar-refractivity contribution in [3.05, 3.63) is 28.8 Å². The predicted molar refractivity (Wildman–Crippen MR) is 57.4 cm³/mol. The van der Waals surface area contributed by atoms with Crippen molar-refractivity contribution >= 4 is 0 Å². The van der Waals surface area contributed by atoms with E-state index in [2.05, 4.69) is 13.0 Å². The van der Waals surface area contributed by atoms with E-state index in [0.717, 1.165) is 36.8 Å². The first-order valence-corrected chi connectivity index (χ1v) is 5.33. The number of nitrogens with two attached hydrogens (primary N) is 1. The van der Waals surface area contributed by atoms with Crippen molar-refractivity contribution in [2.45, 2.75) is 38.6 Å². The highest BCUT2D eigenvalue weighted by atomic mass is 16.3. The number of fused-ring (bicyclic) bond motifs is 1. The van der Waals surface area contributed by atoms with Crippen molar-refractivity contribution in [2.75, 3.05) is 0 Å². The summed E-state index contributed by atoms with van der Waals surface area (Å²) >= 11 is 0. The number of rotatable bonds is 1. The lowest BCUT2D eigenvalue weighted by Gasteiger charge is -2.24. The van der Waals surface area contributed by atoms with Crippen molar-refractivity contribution in [1.82, 2.24) is 0 Å². The second kappa shape index (κ2) is 3.62. The minimum absolute atomic E-state index is 0.0326. The summed E-state index contributed by atoms with van der Waals surface area (Å²) in [4.78, 5) is 0. The molecule has 0 bridgehead atoms. The molecule has 0 radical (unpaired) electrons. The lowest BCUT2D eigenvalue weighted by molar-refractivity contribution is 0.442. The van der Waals surface area contributed by atoms with Gasteiger partial charge in [-0.15, -0.1) is 0 Å². The van der Waals surface area contributed by atoms with Gasteiger partial charge in [0.25, 0.3) is 0 Å². The molecule has 14 heavy (non-hydrogen) atoms. The van der Waals surface area contributed by atoms with E-state index in [9.17, 15) is 5.11 Å². The number of phenols is 1. The Kier molecular flexibility index (Phi) is 2.46. The van der Waals surface area contributed by atoms with Crippen molar-refractivity contribution in [3.8, 4) is 5.75 Å². The summed E-state index contributed by atoms with van der Waals surface area (Å²) < 4.78 is 0. The minimum atomic E-state index is 0.0326. The quantitative estimate of drug-likeness (QED) is 0.715. The minimum Gasteiger partial charge on any atom is -0.507 e. The molecule has 1 atom stereocenters. The first-order valence-electron chi connectivity index (χ1n) is 5.33. The van der Waals surface area contributed by atoms with E-state index in [-0.39, 0.29) is 6.04 Å². The van der Waals surface area contributed by atoms with E-state index in [1.54, 1.807) is 0 Å². The Morgan fingerprint density at radius 3 is 3.00 bits per heavy atom. The Morgan fingerprint density at radius 2 is 2.29 bits per heavy atom. The Morgan fingerprint density at radius 1 is 1.50 bits per heavy atom. The number of aryl methyl sites for hydroxylation is 2. The smallest absolute Gasteiger partial charge is 0.123 e. The Labute approximate surface area is 84.7 Å². The standard InChI is InChI=1S/C12H17NO/c1-2-8-6-7-9-4-3-5-10(13)11(9)12(8)14/h6-7,10,14H,2-5,13H2,1H3. The van der Waals surface area contributed by atoms with E-state index in [4.69, 9.17) is 5.73 Å². The molecule has 0 saturated carbocycles. The van der Waals surface area contributed by atoms with Crippen molar-refractivity contribution in [2.24, 2.45) is 5.73 Å². The van der Waals surface area contributed by atoms with E-state index < -0.39 is 0 Å². The van der Waals surface area contributed by atoms with Crippen LogP contribution < -0.4 is 5.73 Å². The normalized spacial score (nSPS) is 20.6. The van der Waals surface area contributed by atoms with E-state index in [1.807, 2.05) is 6.07 Å². The van der Waals surface area contributed by atoms with Gasteiger partial charge in [-0.05, 0) is 36.8 Å². The number of benzene rings is 1. The third kappa shape index (κ3) is 1.40. The third-order valence-corrected chi connectivity index (χ3v) is 3.10. The topological polar surface area (TPSA) is 46.2 Å². The van der Waals surface area contributed by atoms with Gasteiger partial charge in [-0.25, -0.2) is 0 Å². The summed E-state index contributed by atoms with van der Waals surface area (Å²) in [5.41, 5.74) is 9.26. The van der Waals surface area contributed by atoms with E-state index in [0.29, 0.717) is 5.75 Å². The maximum absolute atomic E-state index is 10.0. The maximum atomic E-state index is 10.0. The summed E-state index contributed by atoms with van der Waals surface area (Å²) in [6.45, 7) is 2.05. The fourth-order valence-corrected chi connectivity index (χ4v) is 2.27. The highest BCUT2D eigenvalue weighted by Crippen LogP contribution is 2.36. The fourth-order valence-electron chi connectivity index (χ4n) is 2.27. The molecule has 1 aliphatic carbocycles. The molecular formula is C12H17NO. The zero-order valence-electron chi connectivity index (χ0n) is 8.59. The summed E-state index contributed by atoms with van der Waals surface area (Å²) in [6.07, 6.45) is 4.05. The Hall–Kier alpha value is -1.02. The molecule has 0 spiro atoms. The molecule has 0 amide bonds. The van der Waals surface area contributed by atoms with Crippen molar-refractivity contribution in [1.29, 1.82) is 0 Å². The molecule has 2 rings (SSSR count). The lowest BCUT2D eigenvalue weighted by atomic mass is 9.86. The first kappa shape index (κ1) is 9.53. The highest BCUT2D eigenvalue weighted by Gasteiger charge is 2.21. The summed E-state index contributed by atoms with van der Waals surface area (Å²) in [5, 5.41) is 10.0. The molecule has 2 nitrogen and oxygen atoms in total. The van der Waals surface area contributed by atoms with Crippen LogP contribution in [0.4, 0.5) is 0 Å². The summed E-state index contributed by atoms with van der Waals surface area (Å²) in [7, 11) is 0. The lowest BCUT2D eigenvalue weighted by Crippen LogP contribution is -2.18. The largest absolute Gasteiger partial charge is 0.507 e. The second-order valence-electron chi connectivity index (χ2n) is 4.00. The summed E-state index contributed by atoms with van der Waals surface area (Å²) in [6, 6.07) is 4.17. The van der Waals surface area contributed by atoms with Gasteiger partial charge >= 0.3 is 0 Å². The number of phenolic OH excluding ortho intramolecular Hbond substituents is 1. The molecule has 1 unspecified atom stereocenters. The molecule has 1 aromatic rings. The Bertz CT molecular complexity index is 346. The molecule has 1 aromatic carbocycles. The SMILES string of the molecule is CCc1ccc2c(c1O)C(N)CCC2. The molecular weight excluding hydrogens is 174 g/mol. The number of aromatic hydroxyl groups is 1. The van der Waals surface area contributed by atoms with Gasteiger partial charge in [-0.1, -0.05) is 19.1 Å². The van der Waals surface area contributed by atoms with Crippen LogP contribution in [0.1, 0.15) is 42.5 Å². The number of hydrogen-bond donors (Lipinski definition) is 2. The third-order valence-electron chi connectivity index (χ3n) is 3.10. The molecule has 2 heteroatoms. The molecule has 0 fully saturated rings. The van der Waals surface area contributed by atoms with Crippen LogP contribution in [0.15, 0.2) is 12.1 Å². The van der Waals surface area contributed by atoms with Gasteiger partial charge in [0.1, 0.15) is 5.75 Å². The predicted octanol–water partition coefficient (Wildman–Crippen LogP) is 2.29. The van der Waals surface area contributed by atoms with Crippen molar-refractivity contribution in [3.63, 3.8) is 0 Å². The van der Waals surface area contributed by atoms with Crippen LogP contribution >= 0.6 is 0 Å². The molecule has 0 heterocycles. The Balaban J connectivity index is 2.54. The highest BCUT2D eigenvalue weighted by molar-refractivity contribution is 5.48. The van der Waals surface area contributed by atoms with Gasteiger partial charge in [0.05, 0.1) is 0 Å². The van der Waals surface area contributed by atoms with E-state index >= 15 is 0 Å². The average molecular weight is 191 g/mol. The summed E-state index contributed by atoms with van der Waals surface area (Å²) in [5.74, 6) is 0.442. The molecule has 3 N–H and O–H groups in total.